The van der Waals surface area contributed by atoms with Gasteiger partial charge in [-0.1, -0.05) is 64.0 Å². The standard InChI is InChI=1S/C21H38O4/c1-2-3-7-10-18(22)15-13-17-14-16-20(23)19(17)11-8-5-4-6-9-12-21(24)25/h13,15,17-20,22-23H,2-12,14,16H2,1H3,(H,24,25). The van der Waals surface area contributed by atoms with E-state index in [0.29, 0.717) is 11.8 Å². The Labute approximate surface area is 153 Å². The fourth-order valence-electron chi connectivity index (χ4n) is 3.88. The third-order valence-electron chi connectivity index (χ3n) is 5.45. The van der Waals surface area contributed by atoms with Crippen molar-refractivity contribution in [1.82, 2.24) is 0 Å². The Morgan fingerprint density at radius 2 is 1.80 bits per heavy atom. The third kappa shape index (κ3) is 10.0. The zero-order chi connectivity index (χ0) is 18.5. The summed E-state index contributed by atoms with van der Waals surface area (Å²) in [7, 11) is 0. The molecular formula is C21H38O4. The van der Waals surface area contributed by atoms with E-state index in [4.69, 9.17) is 5.11 Å². The van der Waals surface area contributed by atoms with Crippen LogP contribution in [-0.2, 0) is 4.79 Å². The Bertz CT molecular complexity index is 380. The van der Waals surface area contributed by atoms with Crippen molar-refractivity contribution >= 4 is 5.97 Å². The van der Waals surface area contributed by atoms with Crippen LogP contribution in [0.5, 0.6) is 0 Å². The Hall–Kier alpha value is -0.870. The summed E-state index contributed by atoms with van der Waals surface area (Å²) < 4.78 is 0. The number of carboxylic acid groups (broad SMARTS) is 1. The molecule has 0 spiro atoms. The van der Waals surface area contributed by atoms with Gasteiger partial charge < -0.3 is 15.3 Å². The first-order chi connectivity index (χ1) is 12.0. The molecule has 25 heavy (non-hydrogen) atoms. The van der Waals surface area contributed by atoms with E-state index < -0.39 is 5.97 Å². The number of hydrogen-bond donors (Lipinski definition) is 3. The monoisotopic (exact) mass is 354 g/mol. The number of unbranched alkanes of at least 4 members (excludes halogenated alkanes) is 6. The molecule has 3 N–H and O–H groups in total. The molecule has 1 aliphatic rings. The van der Waals surface area contributed by atoms with E-state index in [1.807, 2.05) is 6.08 Å². The Morgan fingerprint density at radius 1 is 1.08 bits per heavy atom. The topological polar surface area (TPSA) is 77.8 Å². The van der Waals surface area contributed by atoms with Crippen molar-refractivity contribution in [2.24, 2.45) is 11.8 Å². The average Bonchev–Trinajstić information content (AvgIpc) is 2.92. The van der Waals surface area contributed by atoms with Crippen molar-refractivity contribution in [1.29, 1.82) is 0 Å². The minimum atomic E-state index is -0.708. The number of hydrogen-bond acceptors (Lipinski definition) is 3. The average molecular weight is 355 g/mol. The van der Waals surface area contributed by atoms with E-state index in [0.717, 1.165) is 64.2 Å². The SMILES string of the molecule is CCCCCC(O)C=CC1CCC(O)C1CCCCCCCC(=O)O. The largest absolute Gasteiger partial charge is 0.481 e. The lowest BCUT2D eigenvalue weighted by molar-refractivity contribution is -0.137. The molecule has 1 fully saturated rings. The van der Waals surface area contributed by atoms with Crippen LogP contribution in [-0.4, -0.2) is 33.5 Å². The summed E-state index contributed by atoms with van der Waals surface area (Å²) in [4.78, 5) is 10.5. The molecule has 1 saturated carbocycles. The summed E-state index contributed by atoms with van der Waals surface area (Å²) in [5, 5.41) is 28.9. The first-order valence-corrected chi connectivity index (χ1v) is 10.3. The van der Waals surface area contributed by atoms with Crippen molar-refractivity contribution in [2.75, 3.05) is 0 Å². The maximum absolute atomic E-state index is 10.5. The van der Waals surface area contributed by atoms with Gasteiger partial charge in [-0.05, 0) is 43.9 Å². The summed E-state index contributed by atoms with van der Waals surface area (Å²) in [6.45, 7) is 2.17. The van der Waals surface area contributed by atoms with Crippen molar-refractivity contribution in [3.05, 3.63) is 12.2 Å². The van der Waals surface area contributed by atoms with Crippen LogP contribution in [0.4, 0.5) is 0 Å². The van der Waals surface area contributed by atoms with Crippen molar-refractivity contribution < 1.29 is 20.1 Å². The second-order valence-corrected chi connectivity index (χ2v) is 7.62. The van der Waals surface area contributed by atoms with Gasteiger partial charge in [0.25, 0.3) is 0 Å². The van der Waals surface area contributed by atoms with Crippen LogP contribution in [0.15, 0.2) is 12.2 Å². The highest BCUT2D eigenvalue weighted by molar-refractivity contribution is 5.66. The van der Waals surface area contributed by atoms with Gasteiger partial charge in [0.05, 0.1) is 12.2 Å². The minimum absolute atomic E-state index is 0.209. The maximum Gasteiger partial charge on any atom is 0.303 e. The van der Waals surface area contributed by atoms with Crippen LogP contribution in [0.1, 0.15) is 90.4 Å². The molecule has 4 nitrogen and oxygen atoms in total. The summed E-state index contributed by atoms with van der Waals surface area (Å²) in [5.41, 5.74) is 0. The van der Waals surface area contributed by atoms with Gasteiger partial charge >= 0.3 is 5.97 Å². The van der Waals surface area contributed by atoms with Crippen LogP contribution < -0.4 is 0 Å². The second kappa shape index (κ2) is 13.3. The molecule has 0 amide bonds. The van der Waals surface area contributed by atoms with Gasteiger partial charge in [-0.25, -0.2) is 0 Å². The third-order valence-corrected chi connectivity index (χ3v) is 5.45. The van der Waals surface area contributed by atoms with E-state index in [9.17, 15) is 15.0 Å². The summed E-state index contributed by atoms with van der Waals surface area (Å²) in [6.07, 6.45) is 16.0. The van der Waals surface area contributed by atoms with E-state index >= 15 is 0 Å². The molecule has 4 unspecified atom stereocenters. The summed E-state index contributed by atoms with van der Waals surface area (Å²) in [5.74, 6) is 0.00142. The zero-order valence-electron chi connectivity index (χ0n) is 15.9. The first-order valence-electron chi connectivity index (χ1n) is 10.3. The molecule has 0 aromatic heterocycles. The zero-order valence-corrected chi connectivity index (χ0v) is 15.9. The lowest BCUT2D eigenvalue weighted by atomic mass is 9.88. The quantitative estimate of drug-likeness (QED) is 0.312. The van der Waals surface area contributed by atoms with Gasteiger partial charge in [0.2, 0.25) is 0 Å². The number of carbonyl (C=O) groups is 1. The second-order valence-electron chi connectivity index (χ2n) is 7.62. The van der Waals surface area contributed by atoms with E-state index in [2.05, 4.69) is 13.0 Å². The van der Waals surface area contributed by atoms with Crippen molar-refractivity contribution in [3.63, 3.8) is 0 Å². The van der Waals surface area contributed by atoms with Crippen molar-refractivity contribution in [3.8, 4) is 0 Å². The predicted octanol–water partition coefficient (Wildman–Crippen LogP) is 4.69. The first kappa shape index (κ1) is 22.2. The maximum atomic E-state index is 10.5. The van der Waals surface area contributed by atoms with Crippen LogP contribution >= 0.6 is 0 Å². The lowest BCUT2D eigenvalue weighted by Crippen LogP contribution is -2.18. The molecule has 4 heteroatoms. The van der Waals surface area contributed by atoms with Gasteiger partial charge in [0.15, 0.2) is 0 Å². The number of rotatable bonds is 14. The molecule has 0 saturated heterocycles. The van der Waals surface area contributed by atoms with Crippen molar-refractivity contribution in [2.45, 2.75) is 103 Å². The highest BCUT2D eigenvalue weighted by atomic mass is 16.4. The Kier molecular flexibility index (Phi) is 11.8. The van der Waals surface area contributed by atoms with Gasteiger partial charge in [-0.3, -0.25) is 4.79 Å². The molecule has 0 aromatic rings. The number of carboxylic acids is 1. The van der Waals surface area contributed by atoms with Gasteiger partial charge in [-0.2, -0.15) is 0 Å². The van der Waals surface area contributed by atoms with Crippen LogP contribution in [0.3, 0.4) is 0 Å². The number of allylic oxidation sites excluding steroid dienone is 1. The number of aliphatic hydroxyl groups is 2. The molecule has 0 aromatic carbocycles. The molecular weight excluding hydrogens is 316 g/mol. The van der Waals surface area contributed by atoms with Crippen LogP contribution in [0.25, 0.3) is 0 Å². The molecule has 0 radical (unpaired) electrons. The van der Waals surface area contributed by atoms with E-state index in [1.165, 1.54) is 12.8 Å². The molecule has 0 bridgehead atoms. The number of aliphatic carboxylic acids is 1. The van der Waals surface area contributed by atoms with Crippen LogP contribution in [0.2, 0.25) is 0 Å². The molecule has 1 aliphatic carbocycles. The van der Waals surface area contributed by atoms with E-state index in [-0.39, 0.29) is 18.6 Å². The lowest BCUT2D eigenvalue weighted by Gasteiger charge is -2.20. The Balaban J connectivity index is 2.23. The Morgan fingerprint density at radius 3 is 2.52 bits per heavy atom. The fourth-order valence-corrected chi connectivity index (χ4v) is 3.88. The van der Waals surface area contributed by atoms with Gasteiger partial charge in [-0.15, -0.1) is 0 Å². The summed E-state index contributed by atoms with van der Waals surface area (Å²) in [6, 6.07) is 0. The summed E-state index contributed by atoms with van der Waals surface area (Å²) >= 11 is 0. The van der Waals surface area contributed by atoms with Gasteiger partial charge in [0, 0.05) is 6.42 Å². The molecule has 0 aliphatic heterocycles. The predicted molar refractivity (Wildman–Crippen MR) is 101 cm³/mol. The van der Waals surface area contributed by atoms with Crippen LogP contribution in [0, 0.1) is 11.8 Å². The highest BCUT2D eigenvalue weighted by Crippen LogP contribution is 2.36. The fraction of sp³-hybridized carbons (Fsp3) is 0.857. The minimum Gasteiger partial charge on any atom is -0.481 e. The molecule has 4 atom stereocenters. The molecule has 146 valence electrons. The van der Waals surface area contributed by atoms with Gasteiger partial charge in [0.1, 0.15) is 0 Å². The van der Waals surface area contributed by atoms with E-state index in [1.54, 1.807) is 0 Å². The number of aliphatic hydroxyl groups excluding tert-OH is 2. The highest BCUT2D eigenvalue weighted by Gasteiger charge is 2.32. The molecule has 0 heterocycles. The smallest absolute Gasteiger partial charge is 0.303 e. The molecule has 1 rings (SSSR count). The normalized spacial score (nSPS) is 24.8.